The van der Waals surface area contributed by atoms with Gasteiger partial charge in [-0.15, -0.1) is 0 Å². The number of nitrogens with zero attached hydrogens (tertiary/aromatic N) is 1. The first-order valence-corrected chi connectivity index (χ1v) is 12.6. The fraction of sp³-hybridized carbons (Fsp3) is 0.500. The Labute approximate surface area is 206 Å². The molecule has 3 aliphatic heterocycles. The van der Waals surface area contributed by atoms with E-state index in [1.54, 1.807) is 0 Å². The number of fused-ring (bicyclic) bond motifs is 2. The standard InChI is InChI=1S/C28H34N2O5/c1-4-30(21-7-11-34-12-8-21)25-17-20(15-22(18(25)2)26(31)33-3)19-5-6-23-24(16-19)29-27(32)28(23)9-13-35-14-10-28/h5-6,15-17,21H,4,7-14H2,1-3H3,(H,29,32). The van der Waals surface area contributed by atoms with E-state index in [9.17, 15) is 9.59 Å². The predicted molar refractivity (Wildman–Crippen MR) is 135 cm³/mol. The van der Waals surface area contributed by atoms with Crippen LogP contribution in [0.1, 0.15) is 54.1 Å². The molecule has 0 bridgehead atoms. The first kappa shape index (κ1) is 23.8. The molecule has 3 heterocycles. The lowest BCUT2D eigenvalue weighted by Crippen LogP contribution is -2.40. The molecule has 0 atom stereocenters. The largest absolute Gasteiger partial charge is 0.465 e. The van der Waals surface area contributed by atoms with Crippen molar-refractivity contribution in [2.75, 3.05) is 50.3 Å². The van der Waals surface area contributed by atoms with Crippen molar-refractivity contribution in [2.24, 2.45) is 0 Å². The summed E-state index contributed by atoms with van der Waals surface area (Å²) in [4.78, 5) is 28.1. The lowest BCUT2D eigenvalue weighted by Gasteiger charge is -2.37. The van der Waals surface area contributed by atoms with E-state index in [0.717, 1.165) is 66.2 Å². The van der Waals surface area contributed by atoms with Gasteiger partial charge in [-0.05, 0) is 80.0 Å². The molecule has 1 spiro atoms. The highest BCUT2D eigenvalue weighted by atomic mass is 16.5. The van der Waals surface area contributed by atoms with Crippen molar-refractivity contribution in [3.63, 3.8) is 0 Å². The monoisotopic (exact) mass is 478 g/mol. The van der Waals surface area contributed by atoms with Crippen LogP contribution in [0.15, 0.2) is 30.3 Å². The summed E-state index contributed by atoms with van der Waals surface area (Å²) in [5.41, 5.74) is 5.83. The summed E-state index contributed by atoms with van der Waals surface area (Å²) in [5, 5.41) is 3.12. The minimum Gasteiger partial charge on any atom is -0.465 e. The number of hydrogen-bond donors (Lipinski definition) is 1. The van der Waals surface area contributed by atoms with Crippen LogP contribution in [0, 0.1) is 6.92 Å². The number of amides is 1. The molecule has 1 amide bonds. The van der Waals surface area contributed by atoms with Crippen LogP contribution in [0.5, 0.6) is 0 Å². The van der Waals surface area contributed by atoms with E-state index in [1.807, 2.05) is 19.1 Å². The van der Waals surface area contributed by atoms with Gasteiger partial charge in [0.15, 0.2) is 0 Å². The molecular formula is C28H34N2O5. The number of nitrogens with one attached hydrogen (secondary N) is 1. The van der Waals surface area contributed by atoms with Crippen LogP contribution in [-0.4, -0.2) is 58.0 Å². The normalized spacial score (nSPS) is 19.3. The van der Waals surface area contributed by atoms with Gasteiger partial charge in [-0.2, -0.15) is 0 Å². The molecule has 0 radical (unpaired) electrons. The first-order chi connectivity index (χ1) is 17.0. The highest BCUT2D eigenvalue weighted by Crippen LogP contribution is 2.46. The van der Waals surface area contributed by atoms with Crippen molar-refractivity contribution in [3.8, 4) is 11.1 Å². The summed E-state index contributed by atoms with van der Waals surface area (Å²) in [7, 11) is 1.42. The first-order valence-electron chi connectivity index (χ1n) is 12.6. The second-order valence-corrected chi connectivity index (χ2v) is 9.70. The number of hydrogen-bond acceptors (Lipinski definition) is 6. The minimum absolute atomic E-state index is 0.0597. The predicted octanol–water partition coefficient (Wildman–Crippen LogP) is 4.45. The van der Waals surface area contributed by atoms with Crippen LogP contribution < -0.4 is 10.2 Å². The van der Waals surface area contributed by atoms with Crippen LogP contribution in [-0.2, 0) is 24.4 Å². The molecule has 0 aromatic heterocycles. The van der Waals surface area contributed by atoms with Crippen LogP contribution in [0.3, 0.4) is 0 Å². The van der Waals surface area contributed by atoms with Crippen LogP contribution in [0.4, 0.5) is 11.4 Å². The Balaban J connectivity index is 1.58. The number of ether oxygens (including phenoxy) is 3. The zero-order valence-electron chi connectivity index (χ0n) is 20.8. The topological polar surface area (TPSA) is 77.1 Å². The summed E-state index contributed by atoms with van der Waals surface area (Å²) < 4.78 is 16.3. The Bertz CT molecular complexity index is 1130. The Kier molecular flexibility index (Phi) is 6.55. The third kappa shape index (κ3) is 4.10. The molecule has 3 aliphatic rings. The van der Waals surface area contributed by atoms with Crippen LogP contribution in [0.25, 0.3) is 11.1 Å². The van der Waals surface area contributed by atoms with Gasteiger partial charge >= 0.3 is 5.97 Å². The number of carbonyl (C=O) groups excluding carboxylic acids is 2. The maximum atomic E-state index is 13.0. The zero-order chi connectivity index (χ0) is 24.6. The summed E-state index contributed by atoms with van der Waals surface area (Å²) in [6, 6.07) is 10.6. The highest BCUT2D eigenvalue weighted by Gasteiger charge is 2.47. The molecule has 0 unspecified atom stereocenters. The van der Waals surface area contributed by atoms with Gasteiger partial charge in [-0.25, -0.2) is 4.79 Å². The van der Waals surface area contributed by atoms with Crippen molar-refractivity contribution in [2.45, 2.75) is 51.0 Å². The van der Waals surface area contributed by atoms with E-state index < -0.39 is 5.41 Å². The van der Waals surface area contributed by atoms with Crippen LogP contribution in [0.2, 0.25) is 0 Å². The Hall–Kier alpha value is -2.90. The smallest absolute Gasteiger partial charge is 0.338 e. The highest BCUT2D eigenvalue weighted by molar-refractivity contribution is 6.07. The quantitative estimate of drug-likeness (QED) is 0.640. The molecule has 0 aliphatic carbocycles. The number of rotatable bonds is 5. The molecule has 2 fully saturated rings. The summed E-state index contributed by atoms with van der Waals surface area (Å²) in [5.74, 6) is -0.284. The van der Waals surface area contributed by atoms with Crippen molar-refractivity contribution in [3.05, 3.63) is 47.0 Å². The average Bonchev–Trinajstić information content (AvgIpc) is 3.15. The van der Waals surface area contributed by atoms with Gasteiger partial charge in [0.2, 0.25) is 5.91 Å². The molecule has 7 nitrogen and oxygen atoms in total. The van der Waals surface area contributed by atoms with Gasteiger partial charge < -0.3 is 24.4 Å². The van der Waals surface area contributed by atoms with Crippen molar-refractivity contribution >= 4 is 23.3 Å². The number of carbonyl (C=O) groups is 2. The molecular weight excluding hydrogens is 444 g/mol. The van der Waals surface area contributed by atoms with E-state index in [-0.39, 0.29) is 11.9 Å². The van der Waals surface area contributed by atoms with Crippen molar-refractivity contribution < 1.29 is 23.8 Å². The van der Waals surface area contributed by atoms with Crippen LogP contribution >= 0.6 is 0 Å². The SMILES string of the molecule is CCN(c1cc(-c2ccc3c(c2)NC(=O)C32CCOCC2)cc(C(=O)OC)c1C)C1CCOCC1. The second kappa shape index (κ2) is 9.63. The number of methoxy groups -OCH3 is 1. The van der Waals surface area contributed by atoms with E-state index in [1.165, 1.54) is 7.11 Å². The van der Waals surface area contributed by atoms with Gasteiger partial charge in [0.1, 0.15) is 0 Å². The van der Waals surface area contributed by atoms with E-state index in [2.05, 4.69) is 35.3 Å². The zero-order valence-corrected chi connectivity index (χ0v) is 20.8. The third-order valence-electron chi connectivity index (χ3n) is 7.96. The molecule has 1 N–H and O–H groups in total. The molecule has 2 saturated heterocycles. The second-order valence-electron chi connectivity index (χ2n) is 9.70. The Morgan fingerprint density at radius 1 is 1.09 bits per heavy atom. The average molecular weight is 479 g/mol. The number of benzene rings is 2. The van der Waals surface area contributed by atoms with E-state index >= 15 is 0 Å². The van der Waals surface area contributed by atoms with E-state index in [4.69, 9.17) is 14.2 Å². The van der Waals surface area contributed by atoms with Crippen molar-refractivity contribution in [1.29, 1.82) is 0 Å². The number of esters is 1. The lowest BCUT2D eigenvalue weighted by molar-refractivity contribution is -0.124. The fourth-order valence-electron chi connectivity index (χ4n) is 5.93. The molecule has 2 aromatic rings. The Morgan fingerprint density at radius 2 is 1.80 bits per heavy atom. The van der Waals surface area contributed by atoms with Crippen molar-refractivity contribution in [1.82, 2.24) is 0 Å². The molecule has 7 heteroatoms. The van der Waals surface area contributed by atoms with Gasteiger partial charge in [-0.3, -0.25) is 4.79 Å². The maximum Gasteiger partial charge on any atom is 0.338 e. The van der Waals surface area contributed by atoms with Gasteiger partial charge in [0.05, 0.1) is 18.1 Å². The molecule has 2 aromatic carbocycles. The fourth-order valence-corrected chi connectivity index (χ4v) is 5.93. The maximum absolute atomic E-state index is 13.0. The number of anilines is 2. The summed E-state index contributed by atoms with van der Waals surface area (Å²) in [6.45, 7) is 7.67. The molecule has 35 heavy (non-hydrogen) atoms. The summed E-state index contributed by atoms with van der Waals surface area (Å²) in [6.07, 6.45) is 3.31. The molecule has 5 rings (SSSR count). The molecule has 0 saturated carbocycles. The summed E-state index contributed by atoms with van der Waals surface area (Å²) >= 11 is 0. The lowest BCUT2D eigenvalue weighted by atomic mass is 9.75. The molecule has 186 valence electrons. The Morgan fingerprint density at radius 3 is 2.49 bits per heavy atom. The van der Waals surface area contributed by atoms with Gasteiger partial charge in [0.25, 0.3) is 0 Å². The van der Waals surface area contributed by atoms with Gasteiger partial charge in [-0.1, -0.05) is 12.1 Å². The van der Waals surface area contributed by atoms with Gasteiger partial charge in [0, 0.05) is 50.4 Å². The minimum atomic E-state index is -0.496. The third-order valence-corrected chi connectivity index (χ3v) is 7.96. The van der Waals surface area contributed by atoms with E-state index in [0.29, 0.717) is 37.7 Å².